The van der Waals surface area contributed by atoms with Crippen LogP contribution in [0.3, 0.4) is 0 Å². The zero-order chi connectivity index (χ0) is 15.7. The van der Waals surface area contributed by atoms with Gasteiger partial charge in [0.15, 0.2) is 9.84 Å². The lowest BCUT2D eigenvalue weighted by molar-refractivity contribution is -0.182. The summed E-state index contributed by atoms with van der Waals surface area (Å²) < 4.78 is 61.2. The highest BCUT2D eigenvalue weighted by Gasteiger charge is 2.41. The Balaban J connectivity index is 2.05. The molecular weight excluding hydrogens is 303 g/mol. The van der Waals surface area contributed by atoms with E-state index >= 15 is 0 Å². The fourth-order valence-electron chi connectivity index (χ4n) is 2.69. The van der Waals surface area contributed by atoms with E-state index in [9.17, 15) is 21.6 Å². The van der Waals surface area contributed by atoms with E-state index in [1.165, 1.54) is 6.07 Å². The van der Waals surface area contributed by atoms with Crippen molar-refractivity contribution < 1.29 is 21.6 Å². The molecule has 0 saturated heterocycles. The summed E-state index contributed by atoms with van der Waals surface area (Å²) in [4.78, 5) is 0.183. The van der Waals surface area contributed by atoms with Crippen LogP contribution in [0.1, 0.15) is 25.7 Å². The molecule has 0 bridgehead atoms. The van der Waals surface area contributed by atoms with Crippen molar-refractivity contribution in [1.29, 1.82) is 0 Å². The normalized spacial score (nSPS) is 23.8. The number of alkyl halides is 3. The van der Waals surface area contributed by atoms with Crippen molar-refractivity contribution >= 4 is 15.5 Å². The number of benzene rings is 1. The van der Waals surface area contributed by atoms with Gasteiger partial charge in [0.05, 0.1) is 16.5 Å². The Hall–Kier alpha value is -1.24. The third kappa shape index (κ3) is 4.12. The molecule has 0 atom stereocenters. The van der Waals surface area contributed by atoms with Crippen LogP contribution in [0.15, 0.2) is 29.2 Å². The van der Waals surface area contributed by atoms with Crippen molar-refractivity contribution in [2.45, 2.75) is 42.8 Å². The topological polar surface area (TPSA) is 46.2 Å². The lowest BCUT2D eigenvalue weighted by Crippen LogP contribution is -2.33. The zero-order valence-electron chi connectivity index (χ0n) is 11.7. The Morgan fingerprint density at radius 3 is 2.19 bits per heavy atom. The molecule has 3 nitrogen and oxygen atoms in total. The van der Waals surface area contributed by atoms with Crippen molar-refractivity contribution in [3.63, 3.8) is 0 Å². The fourth-order valence-corrected chi connectivity index (χ4v) is 3.55. The minimum absolute atomic E-state index is 0.0855. The predicted molar refractivity (Wildman–Crippen MR) is 75.0 cm³/mol. The quantitative estimate of drug-likeness (QED) is 0.925. The maximum absolute atomic E-state index is 12.6. The van der Waals surface area contributed by atoms with Crippen molar-refractivity contribution in [3.05, 3.63) is 24.3 Å². The van der Waals surface area contributed by atoms with Gasteiger partial charge >= 0.3 is 6.18 Å². The van der Waals surface area contributed by atoms with E-state index in [0.717, 1.165) is 6.26 Å². The van der Waals surface area contributed by atoms with Crippen LogP contribution in [0.2, 0.25) is 0 Å². The fraction of sp³-hybridized carbons (Fsp3) is 0.571. The van der Waals surface area contributed by atoms with Crippen LogP contribution in [0.5, 0.6) is 0 Å². The van der Waals surface area contributed by atoms with Gasteiger partial charge in [0.1, 0.15) is 0 Å². The van der Waals surface area contributed by atoms with Crippen LogP contribution < -0.4 is 5.32 Å². The molecule has 0 spiro atoms. The lowest BCUT2D eigenvalue weighted by Gasteiger charge is -2.31. The first kappa shape index (κ1) is 16.1. The molecule has 2 rings (SSSR count). The summed E-state index contributed by atoms with van der Waals surface area (Å²) >= 11 is 0. The van der Waals surface area contributed by atoms with E-state index in [1.54, 1.807) is 18.2 Å². The first-order valence-corrected chi connectivity index (χ1v) is 8.69. The molecule has 21 heavy (non-hydrogen) atoms. The largest absolute Gasteiger partial charge is 0.391 e. The molecule has 0 aromatic heterocycles. The van der Waals surface area contributed by atoms with Crippen molar-refractivity contribution in [2.24, 2.45) is 5.92 Å². The Kier molecular flexibility index (Phi) is 4.51. The van der Waals surface area contributed by atoms with Gasteiger partial charge in [0, 0.05) is 12.3 Å². The van der Waals surface area contributed by atoms with Crippen LogP contribution >= 0.6 is 0 Å². The summed E-state index contributed by atoms with van der Waals surface area (Å²) in [6.07, 6.45) is -2.06. The number of halogens is 3. The molecule has 118 valence electrons. The van der Waals surface area contributed by atoms with E-state index in [2.05, 4.69) is 5.32 Å². The first-order valence-electron chi connectivity index (χ1n) is 6.80. The minimum Gasteiger partial charge on any atom is -0.381 e. The summed E-state index contributed by atoms with van der Waals surface area (Å²) in [5.74, 6) is -1.24. The number of sulfone groups is 1. The SMILES string of the molecule is CS(=O)(=O)c1ccccc1NC1CCC(C(F)(F)F)CC1. The van der Waals surface area contributed by atoms with Crippen molar-refractivity contribution in [1.82, 2.24) is 0 Å². The van der Waals surface area contributed by atoms with Crippen LogP contribution in [0.4, 0.5) is 18.9 Å². The predicted octanol–water partition coefficient (Wildman–Crippen LogP) is 3.62. The molecule has 7 heteroatoms. The minimum atomic E-state index is -4.13. The molecule has 1 aromatic carbocycles. The molecular formula is C14H18F3NO2S. The second kappa shape index (κ2) is 5.87. The van der Waals surface area contributed by atoms with Gasteiger partial charge in [-0.05, 0) is 37.8 Å². The van der Waals surface area contributed by atoms with E-state index in [-0.39, 0.29) is 23.8 Å². The van der Waals surface area contributed by atoms with Gasteiger partial charge in [-0.2, -0.15) is 13.2 Å². The van der Waals surface area contributed by atoms with Crippen LogP contribution in [-0.4, -0.2) is 26.9 Å². The summed E-state index contributed by atoms with van der Waals surface area (Å²) in [6.45, 7) is 0. The highest BCUT2D eigenvalue weighted by atomic mass is 32.2. The van der Waals surface area contributed by atoms with Gasteiger partial charge in [-0.3, -0.25) is 0 Å². The van der Waals surface area contributed by atoms with E-state index in [4.69, 9.17) is 0 Å². The molecule has 0 radical (unpaired) electrons. The average molecular weight is 321 g/mol. The molecule has 1 aliphatic rings. The van der Waals surface area contributed by atoms with Crippen LogP contribution in [-0.2, 0) is 9.84 Å². The maximum Gasteiger partial charge on any atom is 0.391 e. The molecule has 1 fully saturated rings. The Bertz CT molecular complexity index is 590. The highest BCUT2D eigenvalue weighted by molar-refractivity contribution is 7.90. The van der Waals surface area contributed by atoms with Crippen molar-refractivity contribution in [2.75, 3.05) is 11.6 Å². The molecule has 1 N–H and O–H groups in total. The zero-order valence-corrected chi connectivity index (χ0v) is 12.5. The first-order chi connectivity index (χ1) is 9.68. The summed E-state index contributed by atoms with van der Waals surface area (Å²) in [5.41, 5.74) is 0.468. The van der Waals surface area contributed by atoms with Gasteiger partial charge in [0.2, 0.25) is 0 Å². The highest BCUT2D eigenvalue weighted by Crippen LogP contribution is 2.38. The molecule has 0 heterocycles. The van der Waals surface area contributed by atoms with Gasteiger partial charge in [-0.15, -0.1) is 0 Å². The summed E-state index contributed by atoms with van der Waals surface area (Å²) in [5, 5.41) is 3.08. The van der Waals surface area contributed by atoms with Crippen LogP contribution in [0, 0.1) is 5.92 Å². The number of para-hydroxylation sites is 1. The lowest BCUT2D eigenvalue weighted by atomic mass is 9.85. The Morgan fingerprint density at radius 2 is 1.67 bits per heavy atom. The summed E-state index contributed by atoms with van der Waals surface area (Å²) in [7, 11) is -3.36. The molecule has 1 aliphatic carbocycles. The van der Waals surface area contributed by atoms with Gasteiger partial charge in [-0.25, -0.2) is 8.42 Å². The Morgan fingerprint density at radius 1 is 1.10 bits per heavy atom. The van der Waals surface area contributed by atoms with Crippen molar-refractivity contribution in [3.8, 4) is 0 Å². The van der Waals surface area contributed by atoms with E-state index in [1.807, 2.05) is 0 Å². The van der Waals surface area contributed by atoms with E-state index in [0.29, 0.717) is 18.5 Å². The second-order valence-corrected chi connectivity index (χ2v) is 7.49. The molecule has 0 aliphatic heterocycles. The molecule has 0 unspecified atom stereocenters. The monoisotopic (exact) mass is 321 g/mol. The summed E-state index contributed by atoms with van der Waals surface area (Å²) in [6, 6.07) is 6.36. The third-order valence-corrected chi connectivity index (χ3v) is 4.99. The van der Waals surface area contributed by atoms with Crippen LogP contribution in [0.25, 0.3) is 0 Å². The number of rotatable bonds is 3. The molecule has 1 aromatic rings. The molecule has 0 amide bonds. The third-order valence-electron chi connectivity index (χ3n) is 3.84. The Labute approximate surface area is 122 Å². The van der Waals surface area contributed by atoms with Gasteiger partial charge in [-0.1, -0.05) is 12.1 Å². The number of hydrogen-bond acceptors (Lipinski definition) is 3. The van der Waals surface area contributed by atoms with E-state index < -0.39 is 21.9 Å². The number of hydrogen-bond donors (Lipinski definition) is 1. The maximum atomic E-state index is 12.6. The standard InChI is InChI=1S/C14H18F3NO2S/c1-21(19,20)13-5-3-2-4-12(13)18-11-8-6-10(7-9-11)14(15,16)17/h2-5,10-11,18H,6-9H2,1H3. The average Bonchev–Trinajstić information content (AvgIpc) is 2.37. The number of anilines is 1. The van der Waals surface area contributed by atoms with Gasteiger partial charge in [0.25, 0.3) is 0 Å². The van der Waals surface area contributed by atoms with Gasteiger partial charge < -0.3 is 5.32 Å². The molecule has 1 saturated carbocycles. The second-order valence-electron chi connectivity index (χ2n) is 5.50. The smallest absolute Gasteiger partial charge is 0.381 e. The number of nitrogens with one attached hydrogen (secondary N) is 1.